The largest absolute Gasteiger partial charge is 0.468 e. The van der Waals surface area contributed by atoms with Crippen molar-refractivity contribution in [2.75, 3.05) is 47.6 Å². The fourth-order valence-electron chi connectivity index (χ4n) is 2.25. The molecular weight excluding hydrogens is 272 g/mol. The number of hydrogen-bond acceptors (Lipinski definition) is 6. The van der Waals surface area contributed by atoms with Crippen molar-refractivity contribution < 1.29 is 19.0 Å². The van der Waals surface area contributed by atoms with Crippen molar-refractivity contribution >= 4 is 5.97 Å². The summed E-state index contributed by atoms with van der Waals surface area (Å²) in [7, 11) is 4.78. The fraction of sp³-hybridized carbons (Fsp3) is 0.933. The van der Waals surface area contributed by atoms with E-state index >= 15 is 0 Å². The molecule has 6 nitrogen and oxygen atoms in total. The molecule has 0 fully saturated rings. The van der Waals surface area contributed by atoms with Crippen LogP contribution in [0.1, 0.15) is 33.1 Å². The lowest BCUT2D eigenvalue weighted by Crippen LogP contribution is -2.45. The van der Waals surface area contributed by atoms with Gasteiger partial charge in [-0.05, 0) is 39.7 Å². The minimum atomic E-state index is -0.899. The maximum Gasteiger partial charge on any atom is 0.325 e. The first-order valence-corrected chi connectivity index (χ1v) is 7.48. The molecule has 0 aromatic carbocycles. The van der Waals surface area contributed by atoms with Gasteiger partial charge in [0.05, 0.1) is 20.3 Å². The Morgan fingerprint density at radius 1 is 1.19 bits per heavy atom. The van der Waals surface area contributed by atoms with Crippen LogP contribution in [0.3, 0.4) is 0 Å². The minimum absolute atomic E-state index is 0.343. The van der Waals surface area contributed by atoms with E-state index in [-0.39, 0.29) is 5.97 Å². The van der Waals surface area contributed by atoms with Gasteiger partial charge >= 0.3 is 5.97 Å². The number of nitrogens with zero attached hydrogens (tertiary/aromatic N) is 1. The van der Waals surface area contributed by atoms with E-state index in [1.54, 1.807) is 21.1 Å². The number of rotatable bonds is 12. The zero-order valence-electron chi connectivity index (χ0n) is 14.2. The van der Waals surface area contributed by atoms with E-state index in [0.717, 1.165) is 25.9 Å². The quantitative estimate of drug-likeness (QED) is 0.429. The number of carbonyl (C=O) groups is 1. The van der Waals surface area contributed by atoms with E-state index in [1.807, 2.05) is 0 Å². The Morgan fingerprint density at radius 3 is 2.38 bits per heavy atom. The fourth-order valence-corrected chi connectivity index (χ4v) is 2.25. The molecule has 0 rings (SSSR count). The van der Waals surface area contributed by atoms with Gasteiger partial charge in [0.1, 0.15) is 5.54 Å². The first-order valence-electron chi connectivity index (χ1n) is 7.48. The highest BCUT2D eigenvalue weighted by atomic mass is 16.5. The van der Waals surface area contributed by atoms with Crippen LogP contribution in [0.4, 0.5) is 0 Å². The SMILES string of the molecule is COCCN(CCCCC(C)(N)C(=O)OC)C(C)COC. The number of esters is 1. The molecule has 2 atom stereocenters. The molecule has 0 aliphatic heterocycles. The molecule has 0 aromatic heterocycles. The molecule has 0 amide bonds. The van der Waals surface area contributed by atoms with E-state index in [9.17, 15) is 4.79 Å². The zero-order valence-corrected chi connectivity index (χ0v) is 14.2. The van der Waals surface area contributed by atoms with Crippen LogP contribution in [0.2, 0.25) is 0 Å². The van der Waals surface area contributed by atoms with Crippen molar-refractivity contribution in [3.63, 3.8) is 0 Å². The summed E-state index contributed by atoms with van der Waals surface area (Å²) >= 11 is 0. The molecule has 0 aromatic rings. The maximum absolute atomic E-state index is 11.5. The Morgan fingerprint density at radius 2 is 1.86 bits per heavy atom. The topological polar surface area (TPSA) is 74.0 Å². The minimum Gasteiger partial charge on any atom is -0.468 e. The molecule has 0 saturated carbocycles. The Bertz CT molecular complexity index is 285. The summed E-state index contributed by atoms with van der Waals surface area (Å²) < 4.78 is 15.1. The second-order valence-corrected chi connectivity index (χ2v) is 5.70. The summed E-state index contributed by atoms with van der Waals surface area (Å²) in [4.78, 5) is 13.8. The number of nitrogens with two attached hydrogens (primary N) is 1. The van der Waals surface area contributed by atoms with Crippen molar-refractivity contribution in [3.05, 3.63) is 0 Å². The van der Waals surface area contributed by atoms with Crippen molar-refractivity contribution in [3.8, 4) is 0 Å². The van der Waals surface area contributed by atoms with E-state index in [4.69, 9.17) is 19.9 Å². The lowest BCUT2D eigenvalue weighted by atomic mass is 9.96. The third-order valence-electron chi connectivity index (χ3n) is 3.66. The van der Waals surface area contributed by atoms with Gasteiger partial charge in [-0.15, -0.1) is 0 Å². The summed E-state index contributed by atoms with van der Waals surface area (Å²) in [6.45, 7) is 7.06. The second kappa shape index (κ2) is 11.0. The van der Waals surface area contributed by atoms with Gasteiger partial charge in [0.25, 0.3) is 0 Å². The van der Waals surface area contributed by atoms with Crippen LogP contribution in [0.25, 0.3) is 0 Å². The predicted octanol–water partition coefficient (Wildman–Crippen LogP) is 1.03. The number of methoxy groups -OCH3 is 3. The van der Waals surface area contributed by atoms with E-state index in [2.05, 4.69) is 11.8 Å². The van der Waals surface area contributed by atoms with E-state index in [1.165, 1.54) is 7.11 Å². The summed E-state index contributed by atoms with van der Waals surface area (Å²) in [6.07, 6.45) is 2.48. The third kappa shape index (κ3) is 8.36. The summed E-state index contributed by atoms with van der Waals surface area (Å²) in [6, 6.07) is 0.343. The maximum atomic E-state index is 11.5. The first kappa shape index (κ1) is 20.3. The van der Waals surface area contributed by atoms with Crippen LogP contribution in [0, 0.1) is 0 Å². The van der Waals surface area contributed by atoms with Crippen LogP contribution in [0.15, 0.2) is 0 Å². The standard InChI is InChI=1S/C15H32N2O4/c1-13(12-20-4)17(10-11-19-3)9-7-6-8-15(2,16)14(18)21-5/h13H,6-12,16H2,1-5H3. The molecule has 0 aliphatic carbocycles. The number of unbranched alkanes of at least 4 members (excludes halogenated alkanes) is 1. The lowest BCUT2D eigenvalue weighted by molar-refractivity contribution is -0.146. The molecule has 6 heteroatoms. The Labute approximate surface area is 128 Å². The average Bonchev–Trinajstić information content (AvgIpc) is 2.45. The number of ether oxygens (including phenoxy) is 3. The summed E-state index contributed by atoms with van der Waals surface area (Å²) in [5.74, 6) is -0.355. The van der Waals surface area contributed by atoms with Gasteiger partial charge in [0.2, 0.25) is 0 Å². The van der Waals surface area contributed by atoms with Gasteiger partial charge in [-0.25, -0.2) is 0 Å². The van der Waals surface area contributed by atoms with Crippen molar-refractivity contribution in [1.82, 2.24) is 4.90 Å². The van der Waals surface area contributed by atoms with Crippen LogP contribution >= 0.6 is 0 Å². The smallest absolute Gasteiger partial charge is 0.325 e. The molecule has 21 heavy (non-hydrogen) atoms. The van der Waals surface area contributed by atoms with Crippen LogP contribution in [-0.4, -0.2) is 70.1 Å². The van der Waals surface area contributed by atoms with Gasteiger partial charge < -0.3 is 19.9 Å². The molecule has 126 valence electrons. The van der Waals surface area contributed by atoms with Gasteiger partial charge in [0.15, 0.2) is 0 Å². The molecule has 0 radical (unpaired) electrons. The first-order chi connectivity index (χ1) is 9.88. The number of hydrogen-bond donors (Lipinski definition) is 1. The van der Waals surface area contributed by atoms with E-state index in [0.29, 0.717) is 25.7 Å². The highest BCUT2D eigenvalue weighted by molar-refractivity contribution is 5.79. The number of carbonyl (C=O) groups excluding carboxylic acids is 1. The second-order valence-electron chi connectivity index (χ2n) is 5.70. The average molecular weight is 304 g/mol. The van der Waals surface area contributed by atoms with Crippen molar-refractivity contribution in [1.29, 1.82) is 0 Å². The monoisotopic (exact) mass is 304 g/mol. The Balaban J connectivity index is 4.15. The van der Waals surface area contributed by atoms with Crippen molar-refractivity contribution in [2.24, 2.45) is 5.73 Å². The highest BCUT2D eigenvalue weighted by Crippen LogP contribution is 2.13. The third-order valence-corrected chi connectivity index (χ3v) is 3.66. The highest BCUT2D eigenvalue weighted by Gasteiger charge is 2.28. The van der Waals surface area contributed by atoms with Gasteiger partial charge in [-0.3, -0.25) is 9.69 Å². The molecule has 2 unspecified atom stereocenters. The molecular formula is C15H32N2O4. The van der Waals surface area contributed by atoms with Crippen LogP contribution < -0.4 is 5.73 Å². The molecule has 0 bridgehead atoms. The van der Waals surface area contributed by atoms with Crippen molar-refractivity contribution in [2.45, 2.75) is 44.7 Å². The molecule has 0 heterocycles. The molecule has 2 N–H and O–H groups in total. The van der Waals surface area contributed by atoms with Gasteiger partial charge in [-0.1, -0.05) is 0 Å². The van der Waals surface area contributed by atoms with E-state index < -0.39 is 5.54 Å². The molecule has 0 spiro atoms. The molecule has 0 saturated heterocycles. The predicted molar refractivity (Wildman–Crippen MR) is 83.2 cm³/mol. The van der Waals surface area contributed by atoms with Crippen LogP contribution in [-0.2, 0) is 19.0 Å². The zero-order chi connectivity index (χ0) is 16.3. The van der Waals surface area contributed by atoms with Gasteiger partial charge in [-0.2, -0.15) is 0 Å². The summed E-state index contributed by atoms with van der Waals surface area (Å²) in [5, 5.41) is 0. The summed E-state index contributed by atoms with van der Waals surface area (Å²) in [5.41, 5.74) is 5.05. The van der Waals surface area contributed by atoms with Crippen LogP contribution in [0.5, 0.6) is 0 Å². The molecule has 0 aliphatic rings. The normalized spacial score (nSPS) is 15.8. The Hall–Kier alpha value is -0.690. The Kier molecular flexibility index (Phi) is 10.6. The lowest BCUT2D eigenvalue weighted by Gasteiger charge is -2.29. The van der Waals surface area contributed by atoms with Gasteiger partial charge in [0, 0.05) is 26.8 Å².